The standard InChI is InChI=1S/C24H40N4O2.HI/c1-4-14-28-15-10-21(11-16-28)27-23(25-5-2)26-19-24(12-17-30-18-13-24)20-6-8-22(29-3)9-7-20;/h6-9,21H,4-5,10-19H2,1-3H3,(H2,25,26,27);1H. The Balaban J connectivity index is 0.00000341. The number of guanidine groups is 1. The van der Waals surface area contributed by atoms with Crippen LogP contribution >= 0.6 is 24.0 Å². The number of methoxy groups -OCH3 is 1. The van der Waals surface area contributed by atoms with Crippen molar-refractivity contribution >= 4 is 29.9 Å². The molecule has 2 saturated heterocycles. The van der Waals surface area contributed by atoms with E-state index in [1.54, 1.807) is 7.11 Å². The van der Waals surface area contributed by atoms with Crippen molar-refractivity contribution in [3.8, 4) is 5.75 Å². The molecule has 0 atom stereocenters. The lowest BCUT2D eigenvalue weighted by Crippen LogP contribution is -2.49. The number of benzene rings is 1. The molecule has 2 aliphatic rings. The minimum absolute atomic E-state index is 0. The number of aliphatic imine (C=N–C) groups is 1. The molecule has 2 aliphatic heterocycles. The van der Waals surface area contributed by atoms with Crippen LogP contribution in [0.2, 0.25) is 0 Å². The van der Waals surface area contributed by atoms with Gasteiger partial charge in [-0.2, -0.15) is 0 Å². The summed E-state index contributed by atoms with van der Waals surface area (Å²) in [5.41, 5.74) is 1.36. The molecule has 1 aromatic rings. The van der Waals surface area contributed by atoms with E-state index in [0.717, 1.165) is 50.9 Å². The Morgan fingerprint density at radius 2 is 1.84 bits per heavy atom. The zero-order valence-corrected chi connectivity index (χ0v) is 21.8. The second kappa shape index (κ2) is 13.5. The molecule has 1 aromatic carbocycles. The van der Waals surface area contributed by atoms with Gasteiger partial charge in [-0.15, -0.1) is 24.0 Å². The molecular formula is C24H41IN4O2. The number of halogens is 1. The highest BCUT2D eigenvalue weighted by Crippen LogP contribution is 2.36. The van der Waals surface area contributed by atoms with Crippen LogP contribution in [-0.4, -0.2) is 69.9 Å². The van der Waals surface area contributed by atoms with Gasteiger partial charge in [-0.05, 0) is 63.3 Å². The first-order chi connectivity index (χ1) is 14.7. The highest BCUT2D eigenvalue weighted by molar-refractivity contribution is 14.0. The minimum atomic E-state index is 0. The maximum atomic E-state index is 5.69. The van der Waals surface area contributed by atoms with Crippen LogP contribution in [0.4, 0.5) is 0 Å². The van der Waals surface area contributed by atoms with Crippen molar-refractivity contribution < 1.29 is 9.47 Å². The van der Waals surface area contributed by atoms with Gasteiger partial charge in [0.15, 0.2) is 5.96 Å². The molecule has 7 heteroatoms. The maximum Gasteiger partial charge on any atom is 0.191 e. The van der Waals surface area contributed by atoms with Gasteiger partial charge in [0.25, 0.3) is 0 Å². The molecule has 0 radical (unpaired) electrons. The number of nitrogens with zero attached hydrogens (tertiary/aromatic N) is 2. The van der Waals surface area contributed by atoms with Gasteiger partial charge in [0.05, 0.1) is 13.7 Å². The van der Waals surface area contributed by atoms with Crippen LogP contribution in [0.15, 0.2) is 29.3 Å². The molecule has 0 bridgehead atoms. The largest absolute Gasteiger partial charge is 0.497 e. The van der Waals surface area contributed by atoms with E-state index in [1.807, 2.05) is 0 Å². The van der Waals surface area contributed by atoms with Crippen LogP contribution in [0.3, 0.4) is 0 Å². The molecule has 0 amide bonds. The number of nitrogens with one attached hydrogen (secondary N) is 2. The van der Waals surface area contributed by atoms with Gasteiger partial charge < -0.3 is 25.0 Å². The van der Waals surface area contributed by atoms with Crippen LogP contribution in [0.1, 0.15) is 51.5 Å². The SMILES string of the molecule is CCCN1CCC(NC(=NCC2(c3ccc(OC)cc3)CCOCC2)NCC)CC1.I. The van der Waals surface area contributed by atoms with Gasteiger partial charge >= 0.3 is 0 Å². The number of rotatable bonds is 8. The Labute approximate surface area is 205 Å². The van der Waals surface area contributed by atoms with Gasteiger partial charge in [0.2, 0.25) is 0 Å². The zero-order chi connectivity index (χ0) is 21.2. The fourth-order valence-electron chi connectivity index (χ4n) is 4.61. The fraction of sp³-hybridized carbons (Fsp3) is 0.708. The van der Waals surface area contributed by atoms with Gasteiger partial charge in [-0.3, -0.25) is 4.99 Å². The molecule has 2 heterocycles. The second-order valence-corrected chi connectivity index (χ2v) is 8.58. The van der Waals surface area contributed by atoms with E-state index < -0.39 is 0 Å². The van der Waals surface area contributed by atoms with Crippen LogP contribution in [0, 0.1) is 0 Å². The van der Waals surface area contributed by atoms with E-state index in [-0.39, 0.29) is 29.4 Å². The van der Waals surface area contributed by atoms with Gasteiger partial charge in [0, 0.05) is 44.3 Å². The average Bonchev–Trinajstić information content (AvgIpc) is 2.80. The van der Waals surface area contributed by atoms with Crippen molar-refractivity contribution in [3.05, 3.63) is 29.8 Å². The van der Waals surface area contributed by atoms with Gasteiger partial charge in [-0.25, -0.2) is 0 Å². The normalized spacial score (nSPS) is 20.0. The number of likely N-dealkylation sites (tertiary alicyclic amines) is 1. The number of hydrogen-bond donors (Lipinski definition) is 2. The molecule has 0 unspecified atom stereocenters. The number of hydrogen-bond acceptors (Lipinski definition) is 4. The fourth-order valence-corrected chi connectivity index (χ4v) is 4.61. The van der Waals surface area contributed by atoms with Crippen LogP contribution in [0.25, 0.3) is 0 Å². The van der Waals surface area contributed by atoms with Crippen molar-refractivity contribution in [1.82, 2.24) is 15.5 Å². The van der Waals surface area contributed by atoms with Crippen molar-refractivity contribution in [2.45, 2.75) is 57.4 Å². The summed E-state index contributed by atoms with van der Waals surface area (Å²) in [6.45, 7) is 11.2. The molecule has 176 valence electrons. The molecule has 2 N–H and O–H groups in total. The van der Waals surface area contributed by atoms with Crippen LogP contribution in [0.5, 0.6) is 5.75 Å². The molecule has 0 aromatic heterocycles. The summed E-state index contributed by atoms with van der Waals surface area (Å²) in [4.78, 5) is 7.64. The minimum Gasteiger partial charge on any atom is -0.497 e. The first-order valence-electron chi connectivity index (χ1n) is 11.7. The third-order valence-electron chi connectivity index (χ3n) is 6.50. The summed E-state index contributed by atoms with van der Waals surface area (Å²) >= 11 is 0. The molecule has 31 heavy (non-hydrogen) atoms. The zero-order valence-electron chi connectivity index (χ0n) is 19.5. The van der Waals surface area contributed by atoms with E-state index in [2.05, 4.69) is 53.6 Å². The lowest BCUT2D eigenvalue weighted by molar-refractivity contribution is 0.0530. The lowest BCUT2D eigenvalue weighted by Gasteiger charge is -2.37. The molecule has 0 spiro atoms. The average molecular weight is 545 g/mol. The molecule has 0 saturated carbocycles. The quantitative estimate of drug-likeness (QED) is 0.297. The smallest absolute Gasteiger partial charge is 0.191 e. The Morgan fingerprint density at radius 1 is 1.16 bits per heavy atom. The Kier molecular flexibility index (Phi) is 11.4. The van der Waals surface area contributed by atoms with Crippen molar-refractivity contribution in [1.29, 1.82) is 0 Å². The summed E-state index contributed by atoms with van der Waals surface area (Å²) in [6.07, 6.45) is 5.60. The first-order valence-corrected chi connectivity index (χ1v) is 11.7. The molecular weight excluding hydrogens is 503 g/mol. The lowest BCUT2D eigenvalue weighted by atomic mass is 9.74. The maximum absolute atomic E-state index is 5.69. The third kappa shape index (κ3) is 7.49. The highest BCUT2D eigenvalue weighted by atomic mass is 127. The van der Waals surface area contributed by atoms with Crippen LogP contribution < -0.4 is 15.4 Å². The topological polar surface area (TPSA) is 58.1 Å². The molecule has 3 rings (SSSR count). The van der Waals surface area contributed by atoms with Crippen LogP contribution in [-0.2, 0) is 10.2 Å². The van der Waals surface area contributed by atoms with E-state index in [1.165, 1.54) is 44.5 Å². The predicted octanol–water partition coefficient (Wildman–Crippen LogP) is 3.79. The molecule has 6 nitrogen and oxygen atoms in total. The second-order valence-electron chi connectivity index (χ2n) is 8.58. The monoisotopic (exact) mass is 544 g/mol. The van der Waals surface area contributed by atoms with Gasteiger partial charge in [0.1, 0.15) is 5.75 Å². The molecule has 0 aliphatic carbocycles. The first kappa shape index (κ1) is 26.2. The summed E-state index contributed by atoms with van der Waals surface area (Å²) in [7, 11) is 1.71. The Bertz CT molecular complexity index is 654. The van der Waals surface area contributed by atoms with E-state index in [0.29, 0.717) is 6.04 Å². The number of ether oxygens (including phenoxy) is 2. The van der Waals surface area contributed by atoms with E-state index in [4.69, 9.17) is 14.5 Å². The Morgan fingerprint density at radius 3 is 2.42 bits per heavy atom. The molecule has 2 fully saturated rings. The third-order valence-corrected chi connectivity index (χ3v) is 6.50. The number of piperidine rings is 1. The summed E-state index contributed by atoms with van der Waals surface area (Å²) < 4.78 is 11.0. The summed E-state index contributed by atoms with van der Waals surface area (Å²) in [5, 5.41) is 7.17. The summed E-state index contributed by atoms with van der Waals surface area (Å²) in [5.74, 6) is 1.85. The van der Waals surface area contributed by atoms with Crippen molar-refractivity contribution in [2.75, 3.05) is 53.0 Å². The highest BCUT2D eigenvalue weighted by Gasteiger charge is 2.34. The predicted molar refractivity (Wildman–Crippen MR) is 139 cm³/mol. The van der Waals surface area contributed by atoms with E-state index in [9.17, 15) is 0 Å². The Hall–Kier alpha value is -1.06. The van der Waals surface area contributed by atoms with Crippen molar-refractivity contribution in [2.24, 2.45) is 4.99 Å². The van der Waals surface area contributed by atoms with Gasteiger partial charge in [-0.1, -0.05) is 19.1 Å². The van der Waals surface area contributed by atoms with Crippen molar-refractivity contribution in [3.63, 3.8) is 0 Å². The summed E-state index contributed by atoms with van der Waals surface area (Å²) in [6, 6.07) is 9.02. The van der Waals surface area contributed by atoms with E-state index >= 15 is 0 Å².